The zero-order valence-corrected chi connectivity index (χ0v) is 14.5. The number of hydrogen-bond donors (Lipinski definition) is 1. The van der Waals surface area contributed by atoms with Crippen molar-refractivity contribution in [2.75, 3.05) is 13.6 Å². The van der Waals surface area contributed by atoms with E-state index < -0.39 is 18.9 Å². The van der Waals surface area contributed by atoms with Crippen LogP contribution < -0.4 is 0 Å². The smallest absolute Gasteiger partial charge is 0.354 e. The molecule has 0 fully saturated rings. The molecule has 3 heterocycles. The molecule has 0 bridgehead atoms. The van der Waals surface area contributed by atoms with Gasteiger partial charge in [0.1, 0.15) is 5.69 Å². The third-order valence-corrected chi connectivity index (χ3v) is 4.86. The fourth-order valence-corrected chi connectivity index (χ4v) is 3.55. The maximum absolute atomic E-state index is 11.0. The number of carbonyl (C=O) groups is 1. The third-order valence-electron chi connectivity index (χ3n) is 4.86. The first kappa shape index (κ1) is 11.1. The molecular formula is C21H23N3O2. The van der Waals surface area contributed by atoms with Crippen LogP contribution in [0.25, 0.3) is 10.9 Å². The minimum absolute atomic E-state index is 0.0380. The number of rotatable bonds is 4. The molecule has 1 N–H and O–H groups in total. The van der Waals surface area contributed by atoms with Gasteiger partial charge < -0.3 is 14.6 Å². The van der Waals surface area contributed by atoms with Crippen molar-refractivity contribution >= 4 is 16.9 Å². The van der Waals surface area contributed by atoms with E-state index in [0.29, 0.717) is 36.8 Å². The van der Waals surface area contributed by atoms with Crippen molar-refractivity contribution in [1.82, 2.24) is 14.5 Å². The lowest BCUT2D eigenvalue weighted by Crippen LogP contribution is -2.27. The third kappa shape index (κ3) is 2.99. The van der Waals surface area contributed by atoms with Crippen molar-refractivity contribution in [1.29, 1.82) is 0 Å². The highest BCUT2D eigenvalue weighted by atomic mass is 16.4. The normalized spacial score (nSPS) is 18.3. The van der Waals surface area contributed by atoms with E-state index in [0.717, 1.165) is 23.4 Å². The number of carboxylic acids is 1. The number of carboxylic acid groups (broad SMARTS) is 1. The van der Waals surface area contributed by atoms with Crippen LogP contribution in [0.4, 0.5) is 0 Å². The summed E-state index contributed by atoms with van der Waals surface area (Å²) in [6, 6.07) is 2.33. The standard InChI is InChI=1S/C21H23N3O2/c1-14-3-6-19-16(11-14)17-13-23(2)9-8-20(17)24(19)10-7-15-4-5-18(21(25)26)22-12-15/h3-6,11-12H,7-10,13H2,1-2H3,(H,25,26)/i1D3,3D,6D,11D. The average molecular weight is 355 g/mol. The number of pyridine rings is 1. The van der Waals surface area contributed by atoms with E-state index in [1.54, 1.807) is 6.07 Å². The Hall–Kier alpha value is -2.66. The van der Waals surface area contributed by atoms with Gasteiger partial charge in [0.05, 0.1) is 4.11 Å². The van der Waals surface area contributed by atoms with Gasteiger partial charge in [-0.05, 0) is 49.6 Å². The molecule has 0 atom stereocenters. The SMILES string of the molecule is [2H]c1c(C([2H])([2H])[2H])c([2H])c2c3c(n(CCc4ccc(C(=O)O)nc4)c2c1[2H])CCN(C)C3. The number of aryl methyl sites for hydroxylation is 2. The number of aromatic nitrogens is 2. The molecule has 3 aromatic rings. The predicted octanol–water partition coefficient (Wildman–Crippen LogP) is 3.27. The zero-order valence-electron chi connectivity index (χ0n) is 20.5. The summed E-state index contributed by atoms with van der Waals surface area (Å²) in [7, 11) is 1.95. The van der Waals surface area contributed by atoms with E-state index in [-0.39, 0.29) is 23.3 Å². The lowest BCUT2D eigenvalue weighted by molar-refractivity contribution is 0.0690. The van der Waals surface area contributed by atoms with Gasteiger partial charge in [0, 0.05) is 53.0 Å². The van der Waals surface area contributed by atoms with Gasteiger partial charge in [-0.25, -0.2) is 9.78 Å². The van der Waals surface area contributed by atoms with E-state index in [1.807, 2.05) is 11.6 Å². The fourth-order valence-electron chi connectivity index (χ4n) is 3.55. The largest absolute Gasteiger partial charge is 0.477 e. The quantitative estimate of drug-likeness (QED) is 0.780. The van der Waals surface area contributed by atoms with E-state index in [2.05, 4.69) is 9.88 Å². The first-order valence-corrected chi connectivity index (χ1v) is 8.51. The van der Waals surface area contributed by atoms with Gasteiger partial charge in [0.15, 0.2) is 0 Å². The van der Waals surface area contributed by atoms with Gasteiger partial charge in [-0.15, -0.1) is 0 Å². The van der Waals surface area contributed by atoms with E-state index in [1.165, 1.54) is 12.3 Å². The minimum atomic E-state index is -2.65. The second-order valence-corrected chi connectivity index (χ2v) is 6.65. The van der Waals surface area contributed by atoms with Crippen LogP contribution in [0.2, 0.25) is 0 Å². The molecular weight excluding hydrogens is 326 g/mol. The predicted molar refractivity (Wildman–Crippen MR) is 102 cm³/mol. The van der Waals surface area contributed by atoms with Crippen molar-refractivity contribution < 1.29 is 18.1 Å². The number of likely N-dealkylation sites (N-methyl/N-ethyl adjacent to an activating group) is 1. The maximum Gasteiger partial charge on any atom is 0.354 e. The van der Waals surface area contributed by atoms with Crippen LogP contribution in [-0.4, -0.2) is 39.1 Å². The summed E-state index contributed by atoms with van der Waals surface area (Å²) >= 11 is 0. The molecule has 0 saturated carbocycles. The first-order valence-electron chi connectivity index (χ1n) is 11.5. The second-order valence-electron chi connectivity index (χ2n) is 6.65. The van der Waals surface area contributed by atoms with Gasteiger partial charge in [0.2, 0.25) is 0 Å². The average Bonchev–Trinajstić information content (AvgIpc) is 3.03. The van der Waals surface area contributed by atoms with Crippen molar-refractivity contribution in [3.05, 3.63) is 64.5 Å². The van der Waals surface area contributed by atoms with Gasteiger partial charge in [0.25, 0.3) is 0 Å². The summed E-state index contributed by atoms with van der Waals surface area (Å²) in [4.78, 5) is 17.1. The van der Waals surface area contributed by atoms with Gasteiger partial charge in [-0.1, -0.05) is 17.7 Å². The first-order chi connectivity index (χ1) is 15.0. The molecule has 1 aliphatic rings. The molecule has 0 spiro atoms. The highest BCUT2D eigenvalue weighted by Gasteiger charge is 2.22. The van der Waals surface area contributed by atoms with Crippen LogP contribution in [0.15, 0.2) is 36.5 Å². The lowest BCUT2D eigenvalue weighted by atomic mass is 10.0. The van der Waals surface area contributed by atoms with E-state index in [9.17, 15) is 4.79 Å². The molecule has 5 nitrogen and oxygen atoms in total. The topological polar surface area (TPSA) is 58.4 Å². The monoisotopic (exact) mass is 355 g/mol. The summed E-state index contributed by atoms with van der Waals surface area (Å²) < 4.78 is 50.9. The van der Waals surface area contributed by atoms with Crippen LogP contribution in [-0.2, 0) is 25.9 Å². The molecule has 5 heteroatoms. The van der Waals surface area contributed by atoms with Crippen LogP contribution in [0.1, 0.15) is 41.1 Å². The Labute approximate surface area is 161 Å². The summed E-state index contributed by atoms with van der Waals surface area (Å²) in [5, 5.41) is 9.47. The summed E-state index contributed by atoms with van der Waals surface area (Å²) in [5.41, 5.74) is 2.62. The molecule has 134 valence electrons. The van der Waals surface area contributed by atoms with Crippen LogP contribution in [0, 0.1) is 6.85 Å². The molecule has 0 amide bonds. The molecule has 26 heavy (non-hydrogen) atoms. The van der Waals surface area contributed by atoms with Crippen molar-refractivity contribution in [2.24, 2.45) is 0 Å². The molecule has 0 radical (unpaired) electrons. The highest BCUT2D eigenvalue weighted by Crippen LogP contribution is 2.31. The fraction of sp³-hybridized carbons (Fsp3) is 0.333. The van der Waals surface area contributed by atoms with Gasteiger partial charge in [-0.2, -0.15) is 0 Å². The molecule has 0 aliphatic carbocycles. The van der Waals surface area contributed by atoms with E-state index in [4.69, 9.17) is 13.3 Å². The summed E-state index contributed by atoms with van der Waals surface area (Å²) in [6.45, 7) is -0.873. The molecule has 0 saturated heterocycles. The van der Waals surface area contributed by atoms with E-state index >= 15 is 0 Å². The number of fused-ring (bicyclic) bond motifs is 3. The number of aromatic carboxylic acids is 1. The zero-order chi connectivity index (χ0) is 23.4. The Kier molecular flexibility index (Phi) is 2.82. The maximum atomic E-state index is 11.0. The van der Waals surface area contributed by atoms with Gasteiger partial charge >= 0.3 is 5.97 Å². The lowest BCUT2D eigenvalue weighted by Gasteiger charge is -2.24. The molecule has 1 aromatic carbocycles. The van der Waals surface area contributed by atoms with Crippen molar-refractivity contribution in [3.63, 3.8) is 0 Å². The number of hydrogen-bond acceptors (Lipinski definition) is 3. The minimum Gasteiger partial charge on any atom is -0.477 e. The number of nitrogens with zero attached hydrogens (tertiary/aromatic N) is 3. The van der Waals surface area contributed by atoms with Crippen molar-refractivity contribution in [3.8, 4) is 0 Å². The van der Waals surface area contributed by atoms with Crippen LogP contribution in [0.3, 0.4) is 0 Å². The Balaban J connectivity index is 1.86. The molecule has 1 aliphatic heterocycles. The highest BCUT2D eigenvalue weighted by molar-refractivity contribution is 5.86. The Morgan fingerprint density at radius 1 is 1.42 bits per heavy atom. The van der Waals surface area contributed by atoms with Crippen LogP contribution >= 0.6 is 0 Å². The Morgan fingerprint density at radius 3 is 3.04 bits per heavy atom. The second kappa shape index (κ2) is 6.57. The molecule has 2 aromatic heterocycles. The van der Waals surface area contributed by atoms with Gasteiger partial charge in [-0.3, -0.25) is 0 Å². The van der Waals surface area contributed by atoms with Crippen molar-refractivity contribution in [2.45, 2.75) is 32.8 Å². The Bertz CT molecular complexity index is 1220. The summed E-state index contributed by atoms with van der Waals surface area (Å²) in [6.07, 6.45) is 2.71. The summed E-state index contributed by atoms with van der Waals surface area (Å²) in [5.74, 6) is -1.10. The molecule has 4 rings (SSSR count). The Morgan fingerprint density at radius 2 is 2.31 bits per heavy atom. The van der Waals surface area contributed by atoms with Crippen LogP contribution in [0.5, 0.6) is 0 Å². The number of benzene rings is 1. The molecule has 0 unspecified atom stereocenters.